The molecule has 5 heteroatoms. The number of nitrogens with one attached hydrogen (secondary N) is 3. The number of benzene rings is 2. The van der Waals surface area contributed by atoms with Crippen molar-refractivity contribution in [3.05, 3.63) is 59.2 Å². The molecular formula is C19H19N3O2. The van der Waals surface area contributed by atoms with Crippen LogP contribution in [-0.4, -0.2) is 18.4 Å². The maximum absolute atomic E-state index is 12.3. The average Bonchev–Trinajstić information content (AvgIpc) is 2.84. The van der Waals surface area contributed by atoms with Crippen LogP contribution in [0.5, 0.6) is 0 Å². The van der Waals surface area contributed by atoms with E-state index in [-0.39, 0.29) is 23.8 Å². The Kier molecular flexibility index (Phi) is 3.49. The second kappa shape index (κ2) is 5.67. The van der Waals surface area contributed by atoms with Crippen molar-refractivity contribution in [2.24, 2.45) is 0 Å². The standard InChI is InChI=1S/C19H19N3O2/c1-11(23)21-13-5-2-4-12(10-13)18-14-8-9-20-19(24)15-6-3-7-16(22-18)17(14)15/h2-7,10,14,18,22H,8-9H2,1H3,(H,20,24)(H,21,23). The van der Waals surface area contributed by atoms with Gasteiger partial charge < -0.3 is 16.0 Å². The van der Waals surface area contributed by atoms with Gasteiger partial charge in [0.2, 0.25) is 5.91 Å². The van der Waals surface area contributed by atoms with Crippen molar-refractivity contribution >= 4 is 23.2 Å². The van der Waals surface area contributed by atoms with Gasteiger partial charge in [0, 0.05) is 36.3 Å². The summed E-state index contributed by atoms with van der Waals surface area (Å²) < 4.78 is 0. The lowest BCUT2D eigenvalue weighted by Crippen LogP contribution is -2.23. The van der Waals surface area contributed by atoms with Gasteiger partial charge in [-0.15, -0.1) is 0 Å². The van der Waals surface area contributed by atoms with E-state index < -0.39 is 0 Å². The Morgan fingerprint density at radius 3 is 2.88 bits per heavy atom. The SMILES string of the molecule is CC(=O)Nc1cccc(C2Nc3cccc4c3C2CCNC4=O)c1. The highest BCUT2D eigenvalue weighted by Crippen LogP contribution is 2.48. The van der Waals surface area contributed by atoms with Gasteiger partial charge in [-0.05, 0) is 41.8 Å². The van der Waals surface area contributed by atoms with Crippen molar-refractivity contribution in [2.75, 3.05) is 17.2 Å². The third kappa shape index (κ3) is 2.42. The van der Waals surface area contributed by atoms with Crippen molar-refractivity contribution in [1.82, 2.24) is 5.32 Å². The first-order chi connectivity index (χ1) is 11.6. The number of anilines is 2. The molecule has 24 heavy (non-hydrogen) atoms. The van der Waals surface area contributed by atoms with Crippen LogP contribution in [0.3, 0.4) is 0 Å². The van der Waals surface area contributed by atoms with Gasteiger partial charge in [0.25, 0.3) is 5.91 Å². The molecule has 0 fully saturated rings. The normalized spacial score (nSPS) is 21.3. The summed E-state index contributed by atoms with van der Waals surface area (Å²) in [4.78, 5) is 23.6. The van der Waals surface area contributed by atoms with Crippen LogP contribution < -0.4 is 16.0 Å². The van der Waals surface area contributed by atoms with E-state index in [4.69, 9.17) is 0 Å². The van der Waals surface area contributed by atoms with E-state index in [1.807, 2.05) is 36.4 Å². The van der Waals surface area contributed by atoms with E-state index >= 15 is 0 Å². The number of rotatable bonds is 2. The Morgan fingerprint density at radius 1 is 1.21 bits per heavy atom. The highest BCUT2D eigenvalue weighted by molar-refractivity contribution is 5.98. The van der Waals surface area contributed by atoms with Crippen LogP contribution in [0.4, 0.5) is 11.4 Å². The van der Waals surface area contributed by atoms with Crippen molar-refractivity contribution < 1.29 is 9.59 Å². The molecule has 2 aromatic rings. The molecule has 4 rings (SSSR count). The van der Waals surface area contributed by atoms with E-state index in [0.717, 1.165) is 34.5 Å². The molecule has 0 spiro atoms. The van der Waals surface area contributed by atoms with Gasteiger partial charge in [-0.2, -0.15) is 0 Å². The zero-order valence-electron chi connectivity index (χ0n) is 13.4. The second-order valence-electron chi connectivity index (χ2n) is 6.35. The van der Waals surface area contributed by atoms with Gasteiger partial charge in [0.1, 0.15) is 0 Å². The third-order valence-electron chi connectivity index (χ3n) is 4.74. The van der Waals surface area contributed by atoms with Gasteiger partial charge in [-0.3, -0.25) is 9.59 Å². The van der Waals surface area contributed by atoms with E-state index in [9.17, 15) is 9.59 Å². The Labute approximate surface area is 140 Å². The van der Waals surface area contributed by atoms with Gasteiger partial charge in [-0.25, -0.2) is 0 Å². The minimum atomic E-state index is -0.0821. The van der Waals surface area contributed by atoms with Gasteiger partial charge in [0.05, 0.1) is 6.04 Å². The fourth-order valence-electron chi connectivity index (χ4n) is 3.80. The summed E-state index contributed by atoms with van der Waals surface area (Å²) in [7, 11) is 0. The van der Waals surface area contributed by atoms with Crippen LogP contribution >= 0.6 is 0 Å². The molecule has 0 aliphatic carbocycles. The predicted molar refractivity (Wildman–Crippen MR) is 93.2 cm³/mol. The quantitative estimate of drug-likeness (QED) is 0.796. The average molecular weight is 321 g/mol. The first-order valence-electron chi connectivity index (χ1n) is 8.18. The highest BCUT2D eigenvalue weighted by atomic mass is 16.2. The Bertz CT molecular complexity index is 831. The molecule has 122 valence electrons. The smallest absolute Gasteiger partial charge is 0.251 e. The van der Waals surface area contributed by atoms with Crippen LogP contribution in [-0.2, 0) is 4.79 Å². The molecule has 2 aromatic carbocycles. The number of amides is 2. The van der Waals surface area contributed by atoms with Crippen LogP contribution in [0.25, 0.3) is 0 Å². The summed E-state index contributed by atoms with van der Waals surface area (Å²) in [6.45, 7) is 2.17. The molecule has 0 saturated carbocycles. The minimum absolute atomic E-state index is 0.00352. The predicted octanol–water partition coefficient (Wildman–Crippen LogP) is 3.03. The number of hydrogen-bond donors (Lipinski definition) is 3. The molecule has 0 aromatic heterocycles. The van der Waals surface area contributed by atoms with Crippen LogP contribution in [0.15, 0.2) is 42.5 Å². The first-order valence-corrected chi connectivity index (χ1v) is 8.18. The highest BCUT2D eigenvalue weighted by Gasteiger charge is 2.37. The monoisotopic (exact) mass is 321 g/mol. The molecule has 0 bridgehead atoms. The minimum Gasteiger partial charge on any atom is -0.377 e. The topological polar surface area (TPSA) is 70.2 Å². The van der Waals surface area contributed by atoms with E-state index in [0.29, 0.717) is 6.54 Å². The van der Waals surface area contributed by atoms with Crippen molar-refractivity contribution in [2.45, 2.75) is 25.3 Å². The number of hydrogen-bond acceptors (Lipinski definition) is 3. The fraction of sp³-hybridized carbons (Fsp3) is 0.263. The Morgan fingerprint density at radius 2 is 2.04 bits per heavy atom. The van der Waals surface area contributed by atoms with E-state index in [2.05, 4.69) is 22.0 Å². The molecule has 3 N–H and O–H groups in total. The second-order valence-corrected chi connectivity index (χ2v) is 6.35. The Balaban J connectivity index is 1.74. The molecule has 2 amide bonds. The van der Waals surface area contributed by atoms with Gasteiger partial charge >= 0.3 is 0 Å². The number of carbonyl (C=O) groups is 2. The molecular weight excluding hydrogens is 302 g/mol. The van der Waals surface area contributed by atoms with Gasteiger partial charge in [-0.1, -0.05) is 18.2 Å². The first kappa shape index (κ1) is 14.8. The maximum atomic E-state index is 12.3. The van der Waals surface area contributed by atoms with Crippen molar-refractivity contribution in [1.29, 1.82) is 0 Å². The third-order valence-corrected chi connectivity index (χ3v) is 4.74. The van der Waals surface area contributed by atoms with Crippen LogP contribution in [0, 0.1) is 0 Å². The summed E-state index contributed by atoms with van der Waals surface area (Å²) >= 11 is 0. The molecule has 0 radical (unpaired) electrons. The lowest BCUT2D eigenvalue weighted by atomic mass is 9.86. The largest absolute Gasteiger partial charge is 0.377 e. The molecule has 2 aliphatic heterocycles. The molecule has 2 unspecified atom stereocenters. The van der Waals surface area contributed by atoms with Crippen LogP contribution in [0.2, 0.25) is 0 Å². The lowest BCUT2D eigenvalue weighted by Gasteiger charge is -2.21. The van der Waals surface area contributed by atoms with E-state index in [1.54, 1.807) is 0 Å². The zero-order chi connectivity index (χ0) is 16.7. The molecule has 2 atom stereocenters. The number of carbonyl (C=O) groups excluding carboxylic acids is 2. The summed E-state index contributed by atoms with van der Waals surface area (Å²) in [6.07, 6.45) is 0.887. The molecule has 5 nitrogen and oxygen atoms in total. The fourth-order valence-corrected chi connectivity index (χ4v) is 3.80. The molecule has 0 saturated heterocycles. The Hall–Kier alpha value is -2.82. The maximum Gasteiger partial charge on any atom is 0.251 e. The summed E-state index contributed by atoms with van der Waals surface area (Å²) in [6, 6.07) is 13.8. The zero-order valence-corrected chi connectivity index (χ0v) is 13.4. The van der Waals surface area contributed by atoms with E-state index in [1.165, 1.54) is 6.92 Å². The molecule has 2 heterocycles. The summed E-state index contributed by atoms with van der Waals surface area (Å²) in [5, 5.41) is 9.38. The molecule has 2 aliphatic rings. The lowest BCUT2D eigenvalue weighted by molar-refractivity contribution is -0.114. The van der Waals surface area contributed by atoms with Crippen molar-refractivity contribution in [3.63, 3.8) is 0 Å². The van der Waals surface area contributed by atoms with Crippen molar-refractivity contribution in [3.8, 4) is 0 Å². The summed E-state index contributed by atoms with van der Waals surface area (Å²) in [5.41, 5.74) is 4.82. The summed E-state index contributed by atoms with van der Waals surface area (Å²) in [5.74, 6) is 0.160. The van der Waals surface area contributed by atoms with Gasteiger partial charge in [0.15, 0.2) is 0 Å². The van der Waals surface area contributed by atoms with Crippen LogP contribution in [0.1, 0.15) is 46.8 Å².